The maximum Gasteiger partial charge on any atom is 0.331 e. The highest BCUT2D eigenvalue weighted by Crippen LogP contribution is 2.22. The summed E-state index contributed by atoms with van der Waals surface area (Å²) >= 11 is 0. The van der Waals surface area contributed by atoms with E-state index in [0.717, 1.165) is 11.0 Å². The number of amides is 1. The van der Waals surface area contributed by atoms with Crippen molar-refractivity contribution in [3.8, 4) is 0 Å². The molecule has 0 N–H and O–H groups in total. The Balaban J connectivity index is 1.25. The van der Waals surface area contributed by atoms with Crippen LogP contribution in [0.5, 0.6) is 0 Å². The van der Waals surface area contributed by atoms with Gasteiger partial charge in [-0.15, -0.1) is 0 Å². The number of aromatic nitrogens is 2. The van der Waals surface area contributed by atoms with E-state index in [9.17, 15) is 23.6 Å². The van der Waals surface area contributed by atoms with E-state index >= 15 is 0 Å². The second kappa shape index (κ2) is 12.1. The number of carbonyl (C=O) groups is 2. The van der Waals surface area contributed by atoms with Gasteiger partial charge in [0.25, 0.3) is 5.56 Å². The Morgan fingerprint density at radius 1 is 0.825 bits per heavy atom. The molecule has 4 aromatic rings. The lowest BCUT2D eigenvalue weighted by molar-refractivity contribution is -0.130. The first-order valence-electron chi connectivity index (χ1n) is 13.5. The molecule has 2 heterocycles. The molecule has 1 amide bonds. The van der Waals surface area contributed by atoms with Gasteiger partial charge in [-0.3, -0.25) is 23.5 Å². The average Bonchev–Trinajstić information content (AvgIpc) is 2.99. The van der Waals surface area contributed by atoms with Crippen LogP contribution in [0.25, 0.3) is 16.5 Å². The third-order valence-electron chi connectivity index (χ3n) is 7.33. The molecule has 1 aromatic heterocycles. The lowest BCUT2D eigenvalue weighted by Crippen LogP contribution is -2.41. The molecule has 0 saturated heterocycles. The molecule has 8 heteroatoms. The number of ketones is 1. The molecule has 0 fully saturated rings. The minimum atomic E-state index is -0.583. The molecule has 0 bridgehead atoms. The Morgan fingerprint density at radius 2 is 1.55 bits per heavy atom. The van der Waals surface area contributed by atoms with Gasteiger partial charge in [0.2, 0.25) is 5.91 Å². The first kappa shape index (κ1) is 27.0. The van der Waals surface area contributed by atoms with Gasteiger partial charge in [-0.25, -0.2) is 9.18 Å². The molecule has 1 aliphatic rings. The summed E-state index contributed by atoms with van der Waals surface area (Å²) in [5.41, 5.74) is 2.06. The van der Waals surface area contributed by atoms with Crippen LogP contribution in [0.2, 0.25) is 0 Å². The highest BCUT2D eigenvalue weighted by atomic mass is 19.1. The van der Waals surface area contributed by atoms with Crippen molar-refractivity contribution in [2.24, 2.45) is 0 Å². The normalized spacial score (nSPS) is 13.3. The second-order valence-electron chi connectivity index (χ2n) is 9.91. The molecule has 204 valence electrons. The largest absolute Gasteiger partial charge is 0.339 e. The van der Waals surface area contributed by atoms with E-state index in [1.165, 1.54) is 40.0 Å². The van der Waals surface area contributed by atoms with Gasteiger partial charge in [-0.1, -0.05) is 48.5 Å². The van der Waals surface area contributed by atoms with Gasteiger partial charge in [0.15, 0.2) is 5.78 Å². The summed E-state index contributed by atoms with van der Waals surface area (Å²) in [7, 11) is 0. The number of fused-ring (bicyclic) bond motifs is 1. The van der Waals surface area contributed by atoms with Gasteiger partial charge >= 0.3 is 5.69 Å². The van der Waals surface area contributed by atoms with Crippen molar-refractivity contribution in [3.05, 3.63) is 123 Å². The van der Waals surface area contributed by atoms with Crippen molar-refractivity contribution < 1.29 is 14.0 Å². The van der Waals surface area contributed by atoms with Crippen LogP contribution in [-0.4, -0.2) is 38.8 Å². The van der Waals surface area contributed by atoms with Gasteiger partial charge in [-0.05, 0) is 66.8 Å². The highest BCUT2D eigenvalue weighted by Gasteiger charge is 2.19. The molecule has 0 radical (unpaired) electrons. The molecule has 1 aliphatic heterocycles. The zero-order valence-electron chi connectivity index (χ0n) is 22.1. The van der Waals surface area contributed by atoms with E-state index in [-0.39, 0.29) is 30.3 Å². The van der Waals surface area contributed by atoms with Crippen molar-refractivity contribution in [1.29, 1.82) is 0 Å². The van der Waals surface area contributed by atoms with Crippen LogP contribution in [0, 0.1) is 5.82 Å². The molecular formula is C32H30FN3O4. The molecule has 0 spiro atoms. The fourth-order valence-corrected chi connectivity index (χ4v) is 5.11. The van der Waals surface area contributed by atoms with E-state index < -0.39 is 17.1 Å². The van der Waals surface area contributed by atoms with Crippen molar-refractivity contribution in [3.63, 3.8) is 0 Å². The molecule has 0 aliphatic carbocycles. The van der Waals surface area contributed by atoms with Gasteiger partial charge < -0.3 is 4.90 Å². The molecular weight excluding hydrogens is 509 g/mol. The molecule has 7 nitrogen and oxygen atoms in total. The summed E-state index contributed by atoms with van der Waals surface area (Å²) in [6, 6.07) is 22.0. The number of halogens is 1. The topological polar surface area (TPSA) is 81.4 Å². The smallest absolute Gasteiger partial charge is 0.331 e. The van der Waals surface area contributed by atoms with Crippen molar-refractivity contribution >= 4 is 28.2 Å². The van der Waals surface area contributed by atoms with Crippen LogP contribution in [0.3, 0.4) is 0 Å². The number of nitrogens with zero attached hydrogens (tertiary/aromatic N) is 3. The van der Waals surface area contributed by atoms with E-state index in [2.05, 4.69) is 18.2 Å². The Morgan fingerprint density at radius 3 is 2.27 bits per heavy atom. The van der Waals surface area contributed by atoms with Crippen LogP contribution in [0.1, 0.15) is 41.6 Å². The molecule has 40 heavy (non-hydrogen) atoms. The number of hydrogen-bond donors (Lipinski definition) is 0. The lowest BCUT2D eigenvalue weighted by atomic mass is 9.99. The minimum Gasteiger partial charge on any atom is -0.339 e. The van der Waals surface area contributed by atoms with E-state index in [1.807, 2.05) is 23.1 Å². The Labute approximate surface area is 230 Å². The quantitative estimate of drug-likeness (QED) is 0.229. The van der Waals surface area contributed by atoms with E-state index in [0.29, 0.717) is 43.3 Å². The van der Waals surface area contributed by atoms with Gasteiger partial charge in [0.1, 0.15) is 5.82 Å². The van der Waals surface area contributed by atoms with Crippen LogP contribution < -0.4 is 11.2 Å². The first-order chi connectivity index (χ1) is 19.4. The molecule has 3 aromatic carbocycles. The zero-order valence-corrected chi connectivity index (χ0v) is 22.1. The Bertz CT molecular complexity index is 1690. The maximum atomic E-state index is 13.4. The Hall–Kier alpha value is -4.59. The van der Waals surface area contributed by atoms with Crippen LogP contribution in [0.4, 0.5) is 4.39 Å². The first-order valence-corrected chi connectivity index (χ1v) is 13.5. The summed E-state index contributed by atoms with van der Waals surface area (Å²) < 4.78 is 15.7. The number of rotatable bonds is 9. The molecule has 0 saturated carbocycles. The third kappa shape index (κ3) is 5.86. The Kier molecular flexibility index (Phi) is 8.15. The summed E-state index contributed by atoms with van der Waals surface area (Å²) in [4.78, 5) is 54.1. The standard InChI is InChI=1S/C32H30FN3O4/c33-26-15-13-25(14-16-26)29(37)22-36-28-11-5-4-10-27(28)31(39)35(32(36)40)19-7-6-12-30(38)34-20-17-24(18-21-34)23-8-2-1-3-9-23/h1-5,8-11,13-17H,6-7,12,18-22H2. The monoisotopic (exact) mass is 539 g/mol. The summed E-state index contributed by atoms with van der Waals surface area (Å²) in [6.07, 6.45) is 4.22. The summed E-state index contributed by atoms with van der Waals surface area (Å²) in [6.45, 7) is 1.09. The average molecular weight is 540 g/mol. The minimum absolute atomic E-state index is 0.0523. The van der Waals surface area contributed by atoms with Crippen LogP contribution in [0.15, 0.2) is 94.5 Å². The number of para-hydroxylation sites is 1. The number of hydrogen-bond acceptors (Lipinski definition) is 4. The molecule has 0 unspecified atom stereocenters. The number of carbonyl (C=O) groups excluding carboxylic acids is 2. The third-order valence-corrected chi connectivity index (χ3v) is 7.33. The zero-order chi connectivity index (χ0) is 28.1. The van der Waals surface area contributed by atoms with Crippen LogP contribution in [-0.2, 0) is 17.9 Å². The van der Waals surface area contributed by atoms with Crippen molar-refractivity contribution in [2.45, 2.75) is 38.8 Å². The van der Waals surface area contributed by atoms with Crippen molar-refractivity contribution in [2.75, 3.05) is 13.1 Å². The SMILES string of the molecule is O=C(Cn1c(=O)n(CCCCC(=O)N2CC=C(c3ccccc3)CC2)c(=O)c2ccccc21)c1ccc(F)cc1. The van der Waals surface area contributed by atoms with Gasteiger partial charge in [0.05, 0.1) is 17.4 Å². The van der Waals surface area contributed by atoms with E-state index in [1.54, 1.807) is 24.3 Å². The van der Waals surface area contributed by atoms with Crippen LogP contribution >= 0.6 is 0 Å². The van der Waals surface area contributed by atoms with Gasteiger partial charge in [-0.2, -0.15) is 0 Å². The molecule has 0 atom stereocenters. The summed E-state index contributed by atoms with van der Waals surface area (Å²) in [5, 5.41) is 0.333. The predicted octanol–water partition coefficient (Wildman–Crippen LogP) is 4.67. The second-order valence-corrected chi connectivity index (χ2v) is 9.91. The number of Topliss-reactive ketones (excluding diaryl/α,β-unsaturated/α-hetero) is 1. The van der Waals surface area contributed by atoms with Gasteiger partial charge in [0, 0.05) is 31.6 Å². The number of benzene rings is 3. The summed E-state index contributed by atoms with van der Waals surface area (Å²) in [5.74, 6) is -0.773. The number of unbranched alkanes of at least 4 members (excludes halogenated alkanes) is 1. The fourth-order valence-electron chi connectivity index (χ4n) is 5.11. The van der Waals surface area contributed by atoms with Crippen molar-refractivity contribution in [1.82, 2.24) is 14.0 Å². The predicted molar refractivity (Wildman–Crippen MR) is 153 cm³/mol. The van der Waals surface area contributed by atoms with E-state index in [4.69, 9.17) is 0 Å². The highest BCUT2D eigenvalue weighted by molar-refractivity contribution is 5.96. The fraction of sp³-hybridized carbons (Fsp3) is 0.250. The molecule has 5 rings (SSSR count). The maximum absolute atomic E-state index is 13.4. The lowest BCUT2D eigenvalue weighted by Gasteiger charge is -2.26.